The van der Waals surface area contributed by atoms with E-state index in [1.165, 1.54) is 18.1 Å². The van der Waals surface area contributed by atoms with Crippen molar-refractivity contribution in [2.75, 3.05) is 13.7 Å². The molecule has 9 heteroatoms. The molecule has 1 atom stereocenters. The lowest BCUT2D eigenvalue weighted by molar-refractivity contribution is -0.108. The molecule has 4 amide bonds. The first-order chi connectivity index (χ1) is 14.4. The fourth-order valence-corrected chi connectivity index (χ4v) is 3.08. The van der Waals surface area contributed by atoms with Gasteiger partial charge < -0.3 is 15.0 Å². The minimum atomic E-state index is -0.812. The van der Waals surface area contributed by atoms with E-state index < -0.39 is 23.8 Å². The molecule has 0 fully saturated rings. The van der Waals surface area contributed by atoms with E-state index in [-0.39, 0.29) is 30.8 Å². The van der Waals surface area contributed by atoms with Crippen molar-refractivity contribution in [1.29, 1.82) is 0 Å². The second-order valence-corrected chi connectivity index (χ2v) is 6.50. The van der Waals surface area contributed by atoms with Gasteiger partial charge in [0.05, 0.1) is 24.9 Å². The summed E-state index contributed by atoms with van der Waals surface area (Å²) in [6.45, 7) is 1.95. The number of hydrogen-bond donors (Lipinski definition) is 2. The first kappa shape index (κ1) is 20.8. The smallest absolute Gasteiger partial charge is 0.322 e. The Morgan fingerprint density at radius 2 is 2.23 bits per heavy atom. The van der Waals surface area contributed by atoms with Crippen LogP contribution in [0.1, 0.15) is 27.2 Å². The number of imide groups is 1. The molecule has 2 N–H and O–H groups in total. The summed E-state index contributed by atoms with van der Waals surface area (Å²) in [4.78, 5) is 40.6. The molecule has 0 aliphatic carbocycles. The van der Waals surface area contributed by atoms with Gasteiger partial charge in [-0.25, -0.2) is 9.18 Å². The molecule has 30 heavy (non-hydrogen) atoms. The highest BCUT2D eigenvalue weighted by molar-refractivity contribution is 5.99. The average Bonchev–Trinajstić information content (AvgIpc) is 3.03. The lowest BCUT2D eigenvalue weighted by atomic mass is 10.1. The maximum absolute atomic E-state index is 14.5. The number of methoxy groups -OCH3 is 1. The molecule has 0 saturated heterocycles. The van der Waals surface area contributed by atoms with Crippen LogP contribution in [0, 0.1) is 24.6 Å². The number of urea groups is 1. The summed E-state index contributed by atoms with van der Waals surface area (Å²) < 4.78 is 19.5. The standard InChI is InChI=1S/C21H19FN4O4/c1-13-14(4-3-9-23-13)5-7-16(25-21(29)24-12-27)11-26-10-15-6-8-17(30-2)19(22)18(15)20(26)28/h3-4,6,8-9,12,16H,10-11H2,1-2H3,(H2,24,25,27,29)/t16-/m1/s1. The van der Waals surface area contributed by atoms with Crippen LogP contribution >= 0.6 is 0 Å². The molecule has 1 aliphatic rings. The maximum Gasteiger partial charge on any atom is 0.322 e. The van der Waals surface area contributed by atoms with Crippen LogP contribution in [0.4, 0.5) is 9.18 Å². The Balaban J connectivity index is 1.84. The molecule has 8 nitrogen and oxygen atoms in total. The fraction of sp³-hybridized carbons (Fsp3) is 0.238. The van der Waals surface area contributed by atoms with Gasteiger partial charge in [0, 0.05) is 18.3 Å². The fourth-order valence-electron chi connectivity index (χ4n) is 3.08. The Hall–Kier alpha value is -3.93. The summed E-state index contributed by atoms with van der Waals surface area (Å²) in [5.74, 6) is 4.55. The Morgan fingerprint density at radius 1 is 1.43 bits per heavy atom. The van der Waals surface area contributed by atoms with E-state index in [1.807, 2.05) is 5.32 Å². The van der Waals surface area contributed by atoms with Gasteiger partial charge in [0.25, 0.3) is 5.91 Å². The number of rotatable bonds is 5. The molecule has 0 saturated carbocycles. The molecule has 154 valence electrons. The minimum absolute atomic E-state index is 0.00610. The Morgan fingerprint density at radius 3 is 2.93 bits per heavy atom. The quantitative estimate of drug-likeness (QED) is 0.573. The van der Waals surface area contributed by atoms with E-state index >= 15 is 0 Å². The molecule has 1 aromatic heterocycles. The molecule has 3 rings (SSSR count). The van der Waals surface area contributed by atoms with Crippen molar-refractivity contribution < 1.29 is 23.5 Å². The highest BCUT2D eigenvalue weighted by atomic mass is 19.1. The zero-order valence-electron chi connectivity index (χ0n) is 16.4. The van der Waals surface area contributed by atoms with Crippen LogP contribution in [0.25, 0.3) is 0 Å². The predicted octanol–water partition coefficient (Wildman–Crippen LogP) is 1.37. The lowest BCUT2D eigenvalue weighted by Crippen LogP contribution is -2.46. The minimum Gasteiger partial charge on any atom is -0.494 e. The number of nitrogens with zero attached hydrogens (tertiary/aromatic N) is 2. The number of nitrogens with one attached hydrogen (secondary N) is 2. The molecular formula is C21H19FN4O4. The van der Waals surface area contributed by atoms with Gasteiger partial charge >= 0.3 is 6.03 Å². The van der Waals surface area contributed by atoms with E-state index in [1.54, 1.807) is 31.3 Å². The van der Waals surface area contributed by atoms with Gasteiger partial charge in [-0.1, -0.05) is 17.9 Å². The summed E-state index contributed by atoms with van der Waals surface area (Å²) >= 11 is 0. The zero-order chi connectivity index (χ0) is 21.7. The number of ether oxygens (including phenoxy) is 1. The third-order valence-corrected chi connectivity index (χ3v) is 4.56. The number of carbonyl (C=O) groups excluding carboxylic acids is 3. The van der Waals surface area contributed by atoms with Crippen molar-refractivity contribution in [3.05, 3.63) is 58.7 Å². The lowest BCUT2D eigenvalue weighted by Gasteiger charge is -2.21. The summed E-state index contributed by atoms with van der Waals surface area (Å²) in [6, 6.07) is 5.02. The number of pyridine rings is 1. The van der Waals surface area contributed by atoms with Crippen molar-refractivity contribution in [1.82, 2.24) is 20.5 Å². The first-order valence-electron chi connectivity index (χ1n) is 9.03. The Labute approximate surface area is 172 Å². The van der Waals surface area contributed by atoms with E-state index in [2.05, 4.69) is 22.1 Å². The summed E-state index contributed by atoms with van der Waals surface area (Å²) in [5.41, 5.74) is 1.83. The Bertz CT molecular complexity index is 1060. The van der Waals surface area contributed by atoms with Crippen LogP contribution in [-0.4, -0.2) is 47.9 Å². The first-order valence-corrected chi connectivity index (χ1v) is 9.03. The highest BCUT2D eigenvalue weighted by Gasteiger charge is 2.33. The topological polar surface area (TPSA) is 101 Å². The number of aromatic nitrogens is 1. The summed E-state index contributed by atoms with van der Waals surface area (Å²) in [5, 5.41) is 4.50. The van der Waals surface area contributed by atoms with Gasteiger partial charge in [0.2, 0.25) is 6.41 Å². The number of carbonyl (C=O) groups is 3. The van der Waals surface area contributed by atoms with Crippen molar-refractivity contribution in [2.45, 2.75) is 19.5 Å². The van der Waals surface area contributed by atoms with Crippen LogP contribution in [0.5, 0.6) is 5.75 Å². The molecule has 2 aromatic rings. The van der Waals surface area contributed by atoms with Crippen molar-refractivity contribution in [2.24, 2.45) is 0 Å². The number of fused-ring (bicyclic) bond motifs is 1. The molecule has 0 radical (unpaired) electrons. The van der Waals surface area contributed by atoms with Crippen LogP contribution in [0.3, 0.4) is 0 Å². The number of benzene rings is 1. The molecule has 1 aromatic carbocycles. The van der Waals surface area contributed by atoms with E-state index in [4.69, 9.17) is 4.74 Å². The van der Waals surface area contributed by atoms with Crippen LogP contribution in [0.2, 0.25) is 0 Å². The van der Waals surface area contributed by atoms with Gasteiger partial charge in [-0.3, -0.25) is 19.9 Å². The normalized spacial score (nSPS) is 13.0. The zero-order valence-corrected chi connectivity index (χ0v) is 16.4. The number of amides is 4. The Kier molecular flexibility index (Phi) is 6.27. The van der Waals surface area contributed by atoms with Gasteiger partial charge in [0.1, 0.15) is 6.04 Å². The van der Waals surface area contributed by atoms with Gasteiger partial charge in [-0.05, 0) is 30.7 Å². The monoisotopic (exact) mass is 410 g/mol. The van der Waals surface area contributed by atoms with Crippen molar-refractivity contribution >= 4 is 18.3 Å². The molecule has 1 aliphatic heterocycles. The van der Waals surface area contributed by atoms with Crippen molar-refractivity contribution in [3.8, 4) is 17.6 Å². The molecular weight excluding hydrogens is 391 g/mol. The van der Waals surface area contributed by atoms with Crippen LogP contribution in [0.15, 0.2) is 30.5 Å². The molecule has 0 unspecified atom stereocenters. The maximum atomic E-state index is 14.5. The van der Waals surface area contributed by atoms with Gasteiger partial charge in [-0.15, -0.1) is 0 Å². The molecule has 2 heterocycles. The SMILES string of the molecule is COc1ccc2c(c1F)C(=O)N(C[C@@H](C#Cc1cccnc1C)NC(=O)NC=O)C2. The summed E-state index contributed by atoms with van der Waals surface area (Å²) in [7, 11) is 1.32. The number of aryl methyl sites for hydroxylation is 1. The van der Waals surface area contributed by atoms with Gasteiger partial charge in [-0.2, -0.15) is 0 Å². The largest absolute Gasteiger partial charge is 0.494 e. The third kappa shape index (κ3) is 4.38. The third-order valence-electron chi connectivity index (χ3n) is 4.56. The van der Waals surface area contributed by atoms with E-state index in [0.717, 1.165) is 0 Å². The molecule has 0 spiro atoms. The number of halogens is 1. The van der Waals surface area contributed by atoms with E-state index in [9.17, 15) is 18.8 Å². The molecule has 0 bridgehead atoms. The highest BCUT2D eigenvalue weighted by Crippen LogP contribution is 2.30. The summed E-state index contributed by atoms with van der Waals surface area (Å²) in [6.07, 6.45) is 1.88. The van der Waals surface area contributed by atoms with Crippen LogP contribution < -0.4 is 15.4 Å². The second kappa shape index (κ2) is 9.05. The predicted molar refractivity (Wildman–Crippen MR) is 105 cm³/mol. The van der Waals surface area contributed by atoms with Gasteiger partial charge in [0.15, 0.2) is 11.6 Å². The van der Waals surface area contributed by atoms with Crippen LogP contribution in [-0.2, 0) is 11.3 Å². The van der Waals surface area contributed by atoms with E-state index in [0.29, 0.717) is 16.8 Å². The van der Waals surface area contributed by atoms with Crippen molar-refractivity contribution in [3.63, 3.8) is 0 Å². The second-order valence-electron chi connectivity index (χ2n) is 6.50. The average molecular weight is 410 g/mol. The number of hydrogen-bond acceptors (Lipinski definition) is 5.